The molecular weight excluding hydrogens is 477 g/mol. The molecule has 0 amide bonds. The molecule has 0 aromatic heterocycles. The standard InChI is InChI=1S/C13H17F3N2O2S.C9H8O4/c14-13(15,16)21(19,20)17-12-7-3-2-6-11(12)10-18-8-4-1-5-9-18;1-5-2-3-6(8(10)11)4-7(5)9(12)13/h2-3,6-7,17H,1,4-5,8-10H2;2-4H,1H3,(H,10,11)(H,12,13). The molecule has 0 saturated carbocycles. The largest absolute Gasteiger partial charge is 0.516 e. The zero-order valence-corrected chi connectivity index (χ0v) is 19.1. The number of carboxylic acid groups (broad SMARTS) is 2. The number of aryl methyl sites for hydroxylation is 1. The SMILES string of the molecule is Cc1ccc(C(=O)O)cc1C(=O)O.O=S(=O)(Nc1ccccc1CN1CCCCC1)C(F)(F)F. The minimum Gasteiger partial charge on any atom is -0.478 e. The first-order valence-corrected chi connectivity index (χ1v) is 11.8. The molecule has 2 aromatic carbocycles. The Balaban J connectivity index is 0.000000270. The van der Waals surface area contributed by atoms with Gasteiger partial charge in [0.2, 0.25) is 0 Å². The summed E-state index contributed by atoms with van der Waals surface area (Å²) in [6.07, 6.45) is 3.26. The summed E-state index contributed by atoms with van der Waals surface area (Å²) in [6.45, 7) is 3.81. The van der Waals surface area contributed by atoms with Gasteiger partial charge in [-0.3, -0.25) is 9.62 Å². The van der Waals surface area contributed by atoms with Crippen LogP contribution < -0.4 is 4.72 Å². The molecule has 0 spiro atoms. The van der Waals surface area contributed by atoms with Crippen molar-refractivity contribution in [2.24, 2.45) is 0 Å². The van der Waals surface area contributed by atoms with Gasteiger partial charge < -0.3 is 10.2 Å². The van der Waals surface area contributed by atoms with Crippen LogP contribution >= 0.6 is 0 Å². The number of piperidine rings is 1. The molecule has 12 heteroatoms. The maximum Gasteiger partial charge on any atom is 0.516 e. The Labute approximate surface area is 195 Å². The third-order valence-corrected chi connectivity index (χ3v) is 6.22. The van der Waals surface area contributed by atoms with E-state index in [1.54, 1.807) is 23.8 Å². The van der Waals surface area contributed by atoms with E-state index in [4.69, 9.17) is 10.2 Å². The lowest BCUT2D eigenvalue weighted by atomic mass is 10.1. The maximum absolute atomic E-state index is 12.4. The number of rotatable bonds is 6. The van der Waals surface area contributed by atoms with Crippen LogP contribution in [0, 0.1) is 6.92 Å². The lowest BCUT2D eigenvalue weighted by molar-refractivity contribution is -0.0429. The molecule has 2 aromatic rings. The van der Waals surface area contributed by atoms with E-state index in [0.717, 1.165) is 38.4 Å². The Morgan fingerprint density at radius 3 is 2.18 bits per heavy atom. The second-order valence-corrected chi connectivity index (χ2v) is 9.36. The fourth-order valence-electron chi connectivity index (χ4n) is 3.30. The fraction of sp³-hybridized carbons (Fsp3) is 0.364. The smallest absolute Gasteiger partial charge is 0.478 e. The molecule has 3 rings (SSSR count). The summed E-state index contributed by atoms with van der Waals surface area (Å²) in [7, 11) is -5.38. The van der Waals surface area contributed by atoms with Gasteiger partial charge in [-0.25, -0.2) is 9.59 Å². The number of nitrogens with one attached hydrogen (secondary N) is 1. The molecule has 0 aliphatic carbocycles. The summed E-state index contributed by atoms with van der Waals surface area (Å²) in [5.41, 5.74) is -4.21. The number of halogens is 3. The van der Waals surface area contributed by atoms with Crippen molar-refractivity contribution in [1.82, 2.24) is 4.90 Å². The van der Waals surface area contributed by atoms with Crippen molar-refractivity contribution in [1.29, 1.82) is 0 Å². The second kappa shape index (κ2) is 11.3. The Morgan fingerprint density at radius 2 is 1.62 bits per heavy atom. The molecule has 1 aliphatic rings. The zero-order chi connectivity index (χ0) is 25.5. The molecule has 0 radical (unpaired) electrons. The quantitative estimate of drug-likeness (QED) is 0.537. The minimum atomic E-state index is -5.38. The fourth-order valence-corrected chi connectivity index (χ4v) is 3.91. The zero-order valence-electron chi connectivity index (χ0n) is 18.3. The molecule has 8 nitrogen and oxygen atoms in total. The molecule has 0 unspecified atom stereocenters. The summed E-state index contributed by atoms with van der Waals surface area (Å²) < 4.78 is 61.4. The van der Waals surface area contributed by atoms with Gasteiger partial charge in [0.15, 0.2) is 0 Å². The molecule has 0 bridgehead atoms. The van der Waals surface area contributed by atoms with Gasteiger partial charge >= 0.3 is 27.5 Å². The van der Waals surface area contributed by atoms with Crippen LogP contribution in [0.3, 0.4) is 0 Å². The van der Waals surface area contributed by atoms with Crippen LogP contribution in [-0.2, 0) is 16.6 Å². The first-order chi connectivity index (χ1) is 15.8. The number of hydrogen-bond acceptors (Lipinski definition) is 5. The van der Waals surface area contributed by atoms with Crippen LogP contribution in [0.25, 0.3) is 0 Å². The van der Waals surface area contributed by atoms with E-state index < -0.39 is 27.5 Å². The summed E-state index contributed by atoms with van der Waals surface area (Å²) in [4.78, 5) is 23.2. The summed E-state index contributed by atoms with van der Waals surface area (Å²) in [6, 6.07) is 10.2. The van der Waals surface area contributed by atoms with Gasteiger partial charge in [-0.05, 0) is 62.2 Å². The molecule has 1 saturated heterocycles. The van der Waals surface area contributed by atoms with E-state index in [9.17, 15) is 31.2 Å². The van der Waals surface area contributed by atoms with Crippen LogP contribution in [0.5, 0.6) is 0 Å². The van der Waals surface area contributed by atoms with Gasteiger partial charge in [-0.15, -0.1) is 0 Å². The number of benzene rings is 2. The van der Waals surface area contributed by atoms with E-state index in [1.807, 2.05) is 0 Å². The van der Waals surface area contributed by atoms with E-state index in [-0.39, 0.29) is 16.8 Å². The molecule has 34 heavy (non-hydrogen) atoms. The number of sulfonamides is 1. The van der Waals surface area contributed by atoms with Crippen molar-refractivity contribution in [3.63, 3.8) is 0 Å². The van der Waals surface area contributed by atoms with E-state index >= 15 is 0 Å². The van der Waals surface area contributed by atoms with Crippen LogP contribution in [0.15, 0.2) is 42.5 Å². The lowest BCUT2D eigenvalue weighted by Crippen LogP contribution is -2.32. The number of anilines is 1. The first-order valence-electron chi connectivity index (χ1n) is 10.3. The Morgan fingerprint density at radius 1 is 1.00 bits per heavy atom. The lowest BCUT2D eigenvalue weighted by Gasteiger charge is -2.27. The van der Waals surface area contributed by atoms with Crippen molar-refractivity contribution in [2.45, 2.75) is 38.2 Å². The second-order valence-electron chi connectivity index (χ2n) is 7.69. The topological polar surface area (TPSA) is 124 Å². The Hall–Kier alpha value is -3.12. The van der Waals surface area contributed by atoms with Gasteiger partial charge in [0.25, 0.3) is 0 Å². The van der Waals surface area contributed by atoms with E-state index in [1.165, 1.54) is 24.3 Å². The van der Waals surface area contributed by atoms with Crippen molar-refractivity contribution in [3.8, 4) is 0 Å². The summed E-state index contributed by atoms with van der Waals surface area (Å²) >= 11 is 0. The number of para-hydroxylation sites is 1. The number of aromatic carboxylic acids is 2. The maximum atomic E-state index is 12.4. The highest BCUT2D eigenvalue weighted by Crippen LogP contribution is 2.28. The third-order valence-electron chi connectivity index (χ3n) is 5.12. The predicted molar refractivity (Wildman–Crippen MR) is 119 cm³/mol. The van der Waals surface area contributed by atoms with Crippen LogP contribution in [0.1, 0.15) is 51.1 Å². The molecule has 1 aliphatic heterocycles. The number of likely N-dealkylation sites (tertiary alicyclic amines) is 1. The van der Waals surface area contributed by atoms with Gasteiger partial charge in [0.1, 0.15) is 0 Å². The molecule has 1 fully saturated rings. The van der Waals surface area contributed by atoms with Gasteiger partial charge in [-0.2, -0.15) is 21.6 Å². The molecule has 0 atom stereocenters. The summed E-state index contributed by atoms with van der Waals surface area (Å²) in [5, 5.41) is 17.3. The average molecular weight is 503 g/mol. The van der Waals surface area contributed by atoms with Gasteiger partial charge in [-0.1, -0.05) is 30.7 Å². The molecule has 186 valence electrons. The van der Waals surface area contributed by atoms with E-state index in [0.29, 0.717) is 17.7 Å². The van der Waals surface area contributed by atoms with Crippen molar-refractivity contribution in [2.75, 3.05) is 17.8 Å². The normalized spacial score (nSPS) is 14.6. The van der Waals surface area contributed by atoms with Crippen LogP contribution in [-0.4, -0.2) is 54.1 Å². The highest BCUT2D eigenvalue weighted by atomic mass is 32.2. The van der Waals surface area contributed by atoms with Crippen LogP contribution in [0.2, 0.25) is 0 Å². The van der Waals surface area contributed by atoms with Gasteiger partial charge in [0.05, 0.1) is 16.8 Å². The Bertz CT molecular complexity index is 1130. The third kappa shape index (κ3) is 7.45. The molecule has 3 N–H and O–H groups in total. The molecule has 1 heterocycles. The van der Waals surface area contributed by atoms with Crippen LogP contribution in [0.4, 0.5) is 18.9 Å². The number of alkyl halides is 3. The first kappa shape index (κ1) is 27.1. The minimum absolute atomic E-state index is 0.0111. The number of carbonyl (C=O) groups is 2. The Kier molecular flexibility index (Phi) is 9.05. The summed E-state index contributed by atoms with van der Waals surface area (Å²) in [5.74, 6) is -2.23. The predicted octanol–water partition coefficient (Wildman–Crippen LogP) is 4.33. The van der Waals surface area contributed by atoms with Crippen molar-refractivity contribution < 1.29 is 41.4 Å². The number of carboxylic acids is 2. The number of hydrogen-bond donors (Lipinski definition) is 3. The van der Waals surface area contributed by atoms with Crippen molar-refractivity contribution >= 4 is 27.6 Å². The average Bonchev–Trinajstić information content (AvgIpc) is 2.75. The van der Waals surface area contributed by atoms with Crippen molar-refractivity contribution in [3.05, 3.63) is 64.7 Å². The molecular formula is C22H25F3N2O6S. The van der Waals surface area contributed by atoms with E-state index in [2.05, 4.69) is 4.90 Å². The number of nitrogens with zero attached hydrogens (tertiary/aromatic N) is 1. The van der Waals surface area contributed by atoms with Gasteiger partial charge in [0, 0.05) is 6.54 Å². The highest BCUT2D eigenvalue weighted by molar-refractivity contribution is 7.93. The highest BCUT2D eigenvalue weighted by Gasteiger charge is 2.46. The monoisotopic (exact) mass is 502 g/mol.